The summed E-state index contributed by atoms with van der Waals surface area (Å²) in [6.07, 6.45) is 6.38. The second-order valence-electron chi connectivity index (χ2n) is 4.51. The van der Waals surface area contributed by atoms with E-state index in [1.807, 2.05) is 36.4 Å². The molecule has 2 aromatic carbocycles. The first-order chi connectivity index (χ1) is 9.34. The molecule has 3 rings (SSSR count). The van der Waals surface area contributed by atoms with Crippen LogP contribution in [0, 0.1) is 12.5 Å². The van der Waals surface area contributed by atoms with Gasteiger partial charge in [-0.15, -0.1) is 0 Å². The summed E-state index contributed by atoms with van der Waals surface area (Å²) in [7, 11) is 0. The topological polar surface area (TPSA) is 0 Å². The van der Waals surface area contributed by atoms with Crippen molar-refractivity contribution in [2.75, 3.05) is 0 Å². The van der Waals surface area contributed by atoms with Crippen molar-refractivity contribution in [3.8, 4) is 0 Å². The summed E-state index contributed by atoms with van der Waals surface area (Å²) in [5.41, 5.74) is 5.69. The van der Waals surface area contributed by atoms with Crippen LogP contribution in [0.4, 0.5) is 0 Å². The minimum atomic E-state index is 1.04. The van der Waals surface area contributed by atoms with Gasteiger partial charge in [-0.2, -0.15) is 0 Å². The van der Waals surface area contributed by atoms with Gasteiger partial charge in [0.05, 0.1) is 0 Å². The molecule has 0 saturated carbocycles. The first kappa shape index (κ1) is 11.7. The average molecular weight is 242 g/mol. The maximum Gasteiger partial charge on any atom is 0.0205 e. The van der Waals surface area contributed by atoms with E-state index in [2.05, 4.69) is 49.4 Å². The van der Waals surface area contributed by atoms with Crippen LogP contribution in [0.5, 0.6) is 0 Å². The largest absolute Gasteiger partial charge is 0.0946 e. The first-order valence-electron chi connectivity index (χ1n) is 6.33. The molecule has 19 heavy (non-hydrogen) atoms. The summed E-state index contributed by atoms with van der Waals surface area (Å²) < 4.78 is 0. The van der Waals surface area contributed by atoms with Gasteiger partial charge in [0.2, 0.25) is 0 Å². The van der Waals surface area contributed by atoms with Crippen LogP contribution in [0.2, 0.25) is 0 Å². The summed E-state index contributed by atoms with van der Waals surface area (Å²) in [6, 6.07) is 21.6. The number of hydrogen-bond acceptors (Lipinski definition) is 0. The molecule has 0 heterocycles. The van der Waals surface area contributed by atoms with Crippen molar-refractivity contribution >= 4 is 11.1 Å². The van der Waals surface area contributed by atoms with Crippen molar-refractivity contribution in [1.29, 1.82) is 0 Å². The number of rotatable bonds is 2. The van der Waals surface area contributed by atoms with Crippen LogP contribution in [-0.2, 0) is 0 Å². The predicted molar refractivity (Wildman–Crippen MR) is 81.1 cm³/mol. The van der Waals surface area contributed by atoms with E-state index in [-0.39, 0.29) is 0 Å². The van der Waals surface area contributed by atoms with Crippen LogP contribution in [0.1, 0.15) is 11.1 Å². The quantitative estimate of drug-likeness (QED) is 0.714. The fraction of sp³-hybridized carbons (Fsp3) is 0. The number of hydrogen-bond donors (Lipinski definition) is 0. The molecule has 1 aliphatic carbocycles. The molecule has 0 atom stereocenters. The van der Waals surface area contributed by atoms with Gasteiger partial charge in [-0.25, -0.2) is 0 Å². The zero-order chi connectivity index (χ0) is 13.1. The summed E-state index contributed by atoms with van der Waals surface area (Å²) in [5.74, 6) is 0. The third-order valence-electron chi connectivity index (χ3n) is 3.21. The van der Waals surface area contributed by atoms with E-state index in [9.17, 15) is 0 Å². The van der Waals surface area contributed by atoms with Crippen LogP contribution in [0.15, 0.2) is 78.9 Å². The summed E-state index contributed by atoms with van der Waals surface area (Å²) in [6.45, 7) is 4.17. The lowest BCUT2D eigenvalue weighted by atomic mass is 9.87. The standard InChI is InChI=1S/C19H14/c1-15-14-18(16-8-4-2-5-9-16)12-13-19(15)17-10-6-3-7-11-17/h2-8,10-14H,1H2. The van der Waals surface area contributed by atoms with Crippen molar-refractivity contribution in [1.82, 2.24) is 0 Å². The Hall–Kier alpha value is -2.34. The maximum absolute atomic E-state index is 4.17. The molecule has 2 radical (unpaired) electrons. The highest BCUT2D eigenvalue weighted by atomic mass is 14.2. The molecule has 1 aliphatic rings. The highest BCUT2D eigenvalue weighted by Gasteiger charge is 2.13. The fourth-order valence-corrected chi connectivity index (χ4v) is 2.23. The average Bonchev–Trinajstić information content (AvgIpc) is 2.49. The lowest BCUT2D eigenvalue weighted by molar-refractivity contribution is 1.49. The smallest absolute Gasteiger partial charge is 0.0205 e. The molecular formula is C19H14. The molecule has 0 bridgehead atoms. The Bertz CT molecular complexity index is 643. The Morgan fingerprint density at radius 2 is 1.63 bits per heavy atom. The second kappa shape index (κ2) is 5.11. The maximum atomic E-state index is 4.17. The van der Waals surface area contributed by atoms with Gasteiger partial charge in [0.15, 0.2) is 0 Å². The molecule has 0 fully saturated rings. The number of benzene rings is 2. The van der Waals surface area contributed by atoms with Crippen LogP contribution in [0.25, 0.3) is 11.1 Å². The van der Waals surface area contributed by atoms with Gasteiger partial charge in [0, 0.05) is 6.42 Å². The minimum Gasteiger partial charge on any atom is -0.0946 e. The number of allylic oxidation sites excluding steroid dienone is 5. The van der Waals surface area contributed by atoms with E-state index in [0.29, 0.717) is 0 Å². The highest BCUT2D eigenvalue weighted by molar-refractivity contribution is 5.93. The highest BCUT2D eigenvalue weighted by Crippen LogP contribution is 2.33. The van der Waals surface area contributed by atoms with Gasteiger partial charge in [0.25, 0.3) is 0 Å². The van der Waals surface area contributed by atoms with E-state index >= 15 is 0 Å². The van der Waals surface area contributed by atoms with E-state index < -0.39 is 0 Å². The van der Waals surface area contributed by atoms with Gasteiger partial charge in [-0.3, -0.25) is 0 Å². The van der Waals surface area contributed by atoms with Gasteiger partial charge >= 0.3 is 0 Å². The van der Waals surface area contributed by atoms with Crippen LogP contribution < -0.4 is 0 Å². The second-order valence-corrected chi connectivity index (χ2v) is 4.51. The molecule has 90 valence electrons. The molecule has 0 saturated heterocycles. The molecule has 0 aromatic heterocycles. The summed E-state index contributed by atoms with van der Waals surface area (Å²) >= 11 is 0. The molecule has 0 unspecified atom stereocenters. The Morgan fingerprint density at radius 3 is 2.32 bits per heavy atom. The molecule has 2 aromatic rings. The molecular weight excluding hydrogens is 228 g/mol. The molecule has 0 nitrogen and oxygen atoms in total. The minimum absolute atomic E-state index is 1.04. The normalized spacial score (nSPS) is 14.8. The zero-order valence-corrected chi connectivity index (χ0v) is 10.6. The Kier molecular flexibility index (Phi) is 3.16. The molecule has 0 spiro atoms. The van der Waals surface area contributed by atoms with Crippen molar-refractivity contribution < 1.29 is 0 Å². The third-order valence-corrected chi connectivity index (χ3v) is 3.21. The van der Waals surface area contributed by atoms with Gasteiger partial charge in [-0.1, -0.05) is 73.3 Å². The Balaban J connectivity index is 1.97. The molecule has 0 aliphatic heterocycles. The molecule has 0 heteroatoms. The lowest BCUT2D eigenvalue weighted by Crippen LogP contribution is -1.97. The summed E-state index contributed by atoms with van der Waals surface area (Å²) in [4.78, 5) is 0. The van der Waals surface area contributed by atoms with Gasteiger partial charge in [-0.05, 0) is 33.9 Å². The zero-order valence-electron chi connectivity index (χ0n) is 10.6. The van der Waals surface area contributed by atoms with Crippen molar-refractivity contribution in [2.45, 2.75) is 0 Å². The lowest BCUT2D eigenvalue weighted by Gasteiger charge is -2.17. The van der Waals surface area contributed by atoms with Crippen molar-refractivity contribution in [2.24, 2.45) is 0 Å². The third kappa shape index (κ3) is 2.43. The van der Waals surface area contributed by atoms with Crippen LogP contribution in [-0.4, -0.2) is 0 Å². The molecule has 0 amide bonds. The van der Waals surface area contributed by atoms with Gasteiger partial charge < -0.3 is 0 Å². The van der Waals surface area contributed by atoms with E-state index in [1.54, 1.807) is 0 Å². The van der Waals surface area contributed by atoms with Crippen LogP contribution >= 0.6 is 0 Å². The Morgan fingerprint density at radius 1 is 0.842 bits per heavy atom. The van der Waals surface area contributed by atoms with E-state index in [0.717, 1.165) is 16.7 Å². The van der Waals surface area contributed by atoms with E-state index in [4.69, 9.17) is 0 Å². The van der Waals surface area contributed by atoms with Gasteiger partial charge in [0.1, 0.15) is 0 Å². The Labute approximate surface area is 114 Å². The monoisotopic (exact) mass is 242 g/mol. The van der Waals surface area contributed by atoms with Crippen molar-refractivity contribution in [3.63, 3.8) is 0 Å². The SMILES string of the molecule is C=C1[CH]C(c2[c]cccc2)=CC=C1c1ccccc1. The molecule has 0 N–H and O–H groups in total. The summed E-state index contributed by atoms with van der Waals surface area (Å²) in [5, 5.41) is 0. The first-order valence-corrected chi connectivity index (χ1v) is 6.33. The predicted octanol–water partition coefficient (Wildman–Crippen LogP) is 4.73. The van der Waals surface area contributed by atoms with E-state index in [1.165, 1.54) is 11.1 Å². The fourth-order valence-electron chi connectivity index (χ4n) is 2.23. The van der Waals surface area contributed by atoms with Crippen molar-refractivity contribution in [3.05, 3.63) is 103 Å². The van der Waals surface area contributed by atoms with Crippen LogP contribution in [0.3, 0.4) is 0 Å².